The Morgan fingerprint density at radius 2 is 1.59 bits per heavy atom. The van der Waals surface area contributed by atoms with Gasteiger partial charge in [-0.25, -0.2) is 0 Å². The minimum Gasteiger partial charge on any atom is -0.500 e. The second-order valence-electron chi connectivity index (χ2n) is 11.6. The fourth-order valence-corrected chi connectivity index (χ4v) is 5.17. The molecule has 7 heteroatoms. The SMILES string of the molecule is CC(C)(C)c1ccnc(-c2[c-]ccc3c2Oc2c(C(F)(F)F)ccc4cccc-3c24)c1.[2H]C([2H])([2H])c1c[c-]c(-c2ccc(C([2H])([2H])[2H])cn2)cc1.[Ir]. The number of pyridine rings is 2. The van der Waals surface area contributed by atoms with Crippen LogP contribution in [-0.4, -0.2) is 9.97 Å². The molecule has 0 saturated heterocycles. The van der Waals surface area contributed by atoms with Crippen LogP contribution in [0, 0.1) is 25.8 Å². The molecule has 235 valence electrons. The van der Waals surface area contributed by atoms with Crippen molar-refractivity contribution in [2.75, 3.05) is 0 Å². The van der Waals surface area contributed by atoms with Gasteiger partial charge in [-0.05, 0) is 57.9 Å². The van der Waals surface area contributed by atoms with Crippen LogP contribution < -0.4 is 4.74 Å². The molecule has 1 radical (unpaired) electrons. The molecule has 1 aliphatic heterocycles. The third kappa shape index (κ3) is 6.62. The summed E-state index contributed by atoms with van der Waals surface area (Å²) in [7, 11) is 0. The summed E-state index contributed by atoms with van der Waals surface area (Å²) >= 11 is 0. The van der Waals surface area contributed by atoms with Gasteiger partial charge in [0.25, 0.3) is 0 Å². The second kappa shape index (κ2) is 12.8. The Hall–Kier alpha value is -4.32. The molecule has 0 spiro atoms. The largest absolute Gasteiger partial charge is 0.500 e. The van der Waals surface area contributed by atoms with Crippen molar-refractivity contribution >= 4 is 10.8 Å². The molecule has 46 heavy (non-hydrogen) atoms. The van der Waals surface area contributed by atoms with Crippen molar-refractivity contribution in [1.82, 2.24) is 9.97 Å². The van der Waals surface area contributed by atoms with Crippen LogP contribution in [0.4, 0.5) is 13.2 Å². The normalized spacial score (nSPS) is 14.4. The molecule has 1 aliphatic rings. The molecule has 0 fully saturated rings. The number of ether oxygens (including phenoxy) is 1. The number of aromatic nitrogens is 2. The Labute approximate surface area is 289 Å². The number of benzene rings is 4. The van der Waals surface area contributed by atoms with Crippen molar-refractivity contribution in [3.05, 3.63) is 132 Å². The van der Waals surface area contributed by atoms with E-state index < -0.39 is 25.4 Å². The van der Waals surface area contributed by atoms with Crippen molar-refractivity contribution in [2.45, 2.75) is 46.1 Å². The molecule has 2 aromatic heterocycles. The molecule has 0 atom stereocenters. The van der Waals surface area contributed by atoms with Gasteiger partial charge in [0.15, 0.2) is 0 Å². The number of rotatable bonds is 2. The monoisotopic (exact) mass is 799 g/mol. The zero-order chi connectivity index (χ0) is 36.9. The van der Waals surface area contributed by atoms with Crippen LogP contribution in [0.15, 0.2) is 97.3 Å². The summed E-state index contributed by atoms with van der Waals surface area (Å²) in [5.74, 6) is 0.179. The van der Waals surface area contributed by atoms with Gasteiger partial charge in [-0.15, -0.1) is 53.6 Å². The Bertz CT molecular complexity index is 2170. The summed E-state index contributed by atoms with van der Waals surface area (Å²) in [5, 5.41) is 1.17. The number of halogens is 3. The van der Waals surface area contributed by atoms with Gasteiger partial charge < -0.3 is 14.7 Å². The number of alkyl halides is 3. The van der Waals surface area contributed by atoms with Gasteiger partial charge in [0.1, 0.15) is 5.75 Å². The summed E-state index contributed by atoms with van der Waals surface area (Å²) in [4.78, 5) is 8.55. The molecular formula is C39H31F3IrN2O-2. The summed E-state index contributed by atoms with van der Waals surface area (Å²) < 4.78 is 91.1. The standard InChI is InChI=1S/C26H19F3NO.C13H12N.Ir/c1-25(2,3)16-12-13-30-21(14-16)19-9-5-8-18-17-7-4-6-15-10-11-20(26(27,28)29)24(22(15)17)31-23(18)19;1-10-3-6-12(7-4-10)13-8-5-11(2)9-14-13;/h4-8,10-14H,1-3H3;3-6,8-9H,1-2H3;/q2*-1;/i;1D3,2D3;. The summed E-state index contributed by atoms with van der Waals surface area (Å²) in [6.07, 6.45) is -1.52. The molecule has 0 bridgehead atoms. The molecule has 0 aliphatic carbocycles. The van der Waals surface area contributed by atoms with Crippen molar-refractivity contribution in [3.63, 3.8) is 0 Å². The molecule has 3 nitrogen and oxygen atoms in total. The maximum Gasteiger partial charge on any atom is 0.419 e. The van der Waals surface area contributed by atoms with E-state index in [9.17, 15) is 13.2 Å². The first-order valence-corrected chi connectivity index (χ1v) is 14.1. The third-order valence-corrected chi connectivity index (χ3v) is 7.48. The van der Waals surface area contributed by atoms with Crippen molar-refractivity contribution < 1.29 is 46.2 Å². The first-order chi connectivity index (χ1) is 23.8. The number of nitrogens with zero attached hydrogens (tertiary/aromatic N) is 2. The third-order valence-electron chi connectivity index (χ3n) is 7.48. The number of hydrogen-bond donors (Lipinski definition) is 0. The van der Waals surface area contributed by atoms with Gasteiger partial charge in [0, 0.05) is 46.1 Å². The van der Waals surface area contributed by atoms with Crippen LogP contribution in [0.25, 0.3) is 44.4 Å². The fourth-order valence-electron chi connectivity index (χ4n) is 5.17. The molecule has 0 amide bonds. The second-order valence-corrected chi connectivity index (χ2v) is 11.6. The summed E-state index contributed by atoms with van der Waals surface area (Å²) in [6, 6.07) is 29.1. The molecule has 7 rings (SSSR count). The van der Waals surface area contributed by atoms with Gasteiger partial charge in [-0.2, -0.15) is 13.2 Å². The van der Waals surface area contributed by atoms with E-state index in [1.54, 1.807) is 30.5 Å². The molecular weight excluding hydrogens is 762 g/mol. The average Bonchev–Trinajstić information content (AvgIpc) is 3.07. The fraction of sp³-hybridized carbons (Fsp3) is 0.179. The molecule has 3 heterocycles. The summed E-state index contributed by atoms with van der Waals surface area (Å²) in [5.41, 5.74) is 4.33. The smallest absolute Gasteiger partial charge is 0.419 e. The minimum atomic E-state index is -4.53. The Morgan fingerprint density at radius 1 is 0.783 bits per heavy atom. The van der Waals surface area contributed by atoms with E-state index in [-0.39, 0.29) is 42.4 Å². The van der Waals surface area contributed by atoms with E-state index in [4.69, 9.17) is 13.0 Å². The first kappa shape index (κ1) is 25.8. The molecule has 6 aromatic rings. The van der Waals surface area contributed by atoms with Crippen molar-refractivity contribution in [3.8, 4) is 45.1 Å². The maximum atomic E-state index is 13.8. The maximum absolute atomic E-state index is 13.8. The van der Waals surface area contributed by atoms with E-state index in [0.29, 0.717) is 44.6 Å². The number of hydrogen-bond acceptors (Lipinski definition) is 3. The minimum absolute atomic E-state index is 0. The van der Waals surface area contributed by atoms with Crippen molar-refractivity contribution in [1.29, 1.82) is 0 Å². The van der Waals surface area contributed by atoms with Crippen molar-refractivity contribution in [2.24, 2.45) is 0 Å². The Morgan fingerprint density at radius 3 is 2.26 bits per heavy atom. The zero-order valence-corrected chi connectivity index (χ0v) is 27.4. The van der Waals surface area contributed by atoms with Crippen LogP contribution in [0.1, 0.15) is 51.2 Å². The predicted molar refractivity (Wildman–Crippen MR) is 173 cm³/mol. The van der Waals surface area contributed by atoms with E-state index in [0.717, 1.165) is 17.2 Å². The van der Waals surface area contributed by atoms with Crippen LogP contribution >= 0.6 is 0 Å². The Balaban J connectivity index is 0.000000217. The number of fused-ring (bicyclic) bond motifs is 2. The molecule has 0 N–H and O–H groups in total. The molecule has 0 unspecified atom stereocenters. The number of aryl methyl sites for hydroxylation is 2. The van der Waals surface area contributed by atoms with Gasteiger partial charge >= 0.3 is 6.18 Å². The average molecular weight is 799 g/mol. The van der Waals surface area contributed by atoms with Crippen LogP contribution in [0.2, 0.25) is 0 Å². The van der Waals surface area contributed by atoms with E-state index >= 15 is 0 Å². The van der Waals surface area contributed by atoms with Crippen LogP contribution in [0.5, 0.6) is 11.5 Å². The topological polar surface area (TPSA) is 35.0 Å². The summed E-state index contributed by atoms with van der Waals surface area (Å²) in [6.45, 7) is 1.95. The quantitative estimate of drug-likeness (QED) is 0.163. The van der Waals surface area contributed by atoms with Crippen LogP contribution in [0.3, 0.4) is 0 Å². The van der Waals surface area contributed by atoms with Gasteiger partial charge in [0.2, 0.25) is 0 Å². The molecule has 0 saturated carbocycles. The van der Waals surface area contributed by atoms with E-state index in [2.05, 4.69) is 42.9 Å². The predicted octanol–water partition coefficient (Wildman–Crippen LogP) is 11.0. The zero-order valence-electron chi connectivity index (χ0n) is 31.0. The van der Waals surface area contributed by atoms with Gasteiger partial charge in [0.05, 0.1) is 11.3 Å². The Kier molecular flexibility index (Phi) is 7.20. The molecule has 4 aromatic carbocycles. The van der Waals surface area contributed by atoms with Gasteiger partial charge in [-0.1, -0.05) is 81.2 Å². The van der Waals surface area contributed by atoms with Gasteiger partial charge in [-0.3, -0.25) is 0 Å². The van der Waals surface area contributed by atoms with Crippen LogP contribution in [-0.2, 0) is 31.7 Å². The van der Waals surface area contributed by atoms with E-state index in [1.807, 2.05) is 30.3 Å². The first-order valence-electron chi connectivity index (χ1n) is 17.1. The van der Waals surface area contributed by atoms with E-state index in [1.165, 1.54) is 30.5 Å².